The molecule has 3 nitrogen and oxygen atoms in total. The molecule has 0 unspecified atom stereocenters. The molecule has 4 rings (SSSR count). The van der Waals surface area contributed by atoms with Gasteiger partial charge in [-0.1, -0.05) is 42.5 Å². The molecule has 0 radical (unpaired) electrons. The number of para-hydroxylation sites is 1. The molecular weight excluding hydrogens is 340 g/mol. The Hall–Kier alpha value is -2.20. The lowest BCUT2D eigenvalue weighted by molar-refractivity contribution is 0.296. The molecule has 0 amide bonds. The van der Waals surface area contributed by atoms with E-state index in [1.54, 1.807) is 0 Å². The highest BCUT2D eigenvalue weighted by Gasteiger charge is 2.21. The first kappa shape index (κ1) is 13.5. The average molecular weight is 353 g/mol. The van der Waals surface area contributed by atoms with Gasteiger partial charge in [0.25, 0.3) is 0 Å². The Labute approximate surface area is 137 Å². The lowest BCUT2D eigenvalue weighted by Gasteiger charge is -2.20. The van der Waals surface area contributed by atoms with Crippen LogP contribution >= 0.6 is 15.9 Å². The van der Waals surface area contributed by atoms with Crippen LogP contribution in [-0.2, 0) is 13.0 Å². The zero-order valence-electron chi connectivity index (χ0n) is 11.8. The van der Waals surface area contributed by atoms with Crippen molar-refractivity contribution in [3.63, 3.8) is 0 Å². The Morgan fingerprint density at radius 2 is 1.73 bits per heavy atom. The molecule has 1 aliphatic heterocycles. The highest BCUT2D eigenvalue weighted by molar-refractivity contribution is 9.10. The van der Waals surface area contributed by atoms with Gasteiger partial charge in [0.05, 0.1) is 11.4 Å². The van der Waals surface area contributed by atoms with Crippen LogP contribution in [0.4, 0.5) is 0 Å². The molecule has 0 saturated heterocycles. The summed E-state index contributed by atoms with van der Waals surface area (Å²) in [5, 5.41) is 0. The zero-order chi connectivity index (χ0) is 14.9. The Morgan fingerprint density at radius 1 is 0.955 bits per heavy atom. The number of benzene rings is 2. The Kier molecular flexibility index (Phi) is 3.39. The van der Waals surface area contributed by atoms with E-state index in [2.05, 4.69) is 33.0 Å². The van der Waals surface area contributed by atoms with Gasteiger partial charge in [-0.05, 0) is 33.6 Å². The maximum atomic E-state index is 5.74. The summed E-state index contributed by atoms with van der Waals surface area (Å²) >= 11 is 3.54. The predicted octanol–water partition coefficient (Wildman–Crippen LogP) is 4.39. The van der Waals surface area contributed by atoms with Crippen LogP contribution in [0.2, 0.25) is 0 Å². The molecule has 4 heteroatoms. The van der Waals surface area contributed by atoms with E-state index in [0.29, 0.717) is 6.61 Å². The molecule has 0 spiro atoms. The van der Waals surface area contributed by atoms with Crippen LogP contribution in [-0.4, -0.2) is 9.97 Å². The number of fused-ring (bicyclic) bond motifs is 3. The maximum Gasteiger partial charge on any atom is 0.132 e. The Morgan fingerprint density at radius 3 is 2.59 bits per heavy atom. The fraction of sp³-hybridized carbons (Fsp3) is 0.111. The molecule has 2 heterocycles. The summed E-state index contributed by atoms with van der Waals surface area (Å²) in [6.45, 7) is 0.462. The van der Waals surface area contributed by atoms with Gasteiger partial charge in [-0.2, -0.15) is 0 Å². The minimum Gasteiger partial charge on any atom is -0.487 e. The third-order valence-corrected chi connectivity index (χ3v) is 4.35. The topological polar surface area (TPSA) is 35.0 Å². The SMILES string of the molecule is Brc1nc2c(nc1Cc1ccccc1)-c1ccccc1OC2. The number of halogens is 1. The van der Waals surface area contributed by atoms with Crippen molar-refractivity contribution in [2.45, 2.75) is 13.0 Å². The van der Waals surface area contributed by atoms with Gasteiger partial charge in [0.2, 0.25) is 0 Å². The first-order valence-corrected chi connectivity index (χ1v) is 7.92. The van der Waals surface area contributed by atoms with E-state index in [1.165, 1.54) is 5.56 Å². The normalized spacial score (nSPS) is 12.2. The summed E-state index contributed by atoms with van der Waals surface area (Å²) in [6.07, 6.45) is 0.755. The van der Waals surface area contributed by atoms with Crippen LogP contribution in [0, 0.1) is 0 Å². The van der Waals surface area contributed by atoms with Crippen LogP contribution in [0.1, 0.15) is 17.0 Å². The molecule has 1 aromatic heterocycles. The number of rotatable bonds is 2. The smallest absolute Gasteiger partial charge is 0.132 e. The number of aromatic nitrogens is 2. The van der Waals surface area contributed by atoms with Crippen LogP contribution in [0.3, 0.4) is 0 Å². The van der Waals surface area contributed by atoms with Crippen LogP contribution in [0.5, 0.6) is 5.75 Å². The van der Waals surface area contributed by atoms with Crippen LogP contribution in [0.15, 0.2) is 59.2 Å². The van der Waals surface area contributed by atoms with E-state index < -0.39 is 0 Å². The molecule has 3 aromatic rings. The summed E-state index contributed by atoms with van der Waals surface area (Å²) in [5.74, 6) is 0.872. The van der Waals surface area contributed by atoms with Gasteiger partial charge in [-0.3, -0.25) is 0 Å². The van der Waals surface area contributed by atoms with Gasteiger partial charge in [0, 0.05) is 12.0 Å². The van der Waals surface area contributed by atoms with Crippen molar-refractivity contribution in [1.82, 2.24) is 9.97 Å². The lowest BCUT2D eigenvalue weighted by Crippen LogP contribution is -2.11. The van der Waals surface area contributed by atoms with Gasteiger partial charge in [0.1, 0.15) is 22.7 Å². The fourth-order valence-electron chi connectivity index (χ4n) is 2.63. The summed E-state index contributed by atoms with van der Waals surface area (Å²) in [4.78, 5) is 9.50. The third kappa shape index (κ3) is 2.40. The van der Waals surface area contributed by atoms with Gasteiger partial charge < -0.3 is 4.74 Å². The maximum absolute atomic E-state index is 5.74. The van der Waals surface area contributed by atoms with E-state index in [1.807, 2.05) is 42.5 Å². The molecule has 1 aliphatic rings. The number of ether oxygens (including phenoxy) is 1. The van der Waals surface area contributed by atoms with Crippen molar-refractivity contribution in [2.24, 2.45) is 0 Å². The van der Waals surface area contributed by atoms with Crippen molar-refractivity contribution < 1.29 is 4.74 Å². The summed E-state index contributed by atoms with van der Waals surface area (Å²) < 4.78 is 6.53. The van der Waals surface area contributed by atoms with Gasteiger partial charge in [-0.25, -0.2) is 9.97 Å². The molecular formula is C18H13BrN2O. The van der Waals surface area contributed by atoms with Gasteiger partial charge in [0.15, 0.2) is 0 Å². The van der Waals surface area contributed by atoms with Gasteiger partial charge >= 0.3 is 0 Å². The minimum absolute atomic E-state index is 0.462. The van der Waals surface area contributed by atoms with Crippen molar-refractivity contribution in [1.29, 1.82) is 0 Å². The monoisotopic (exact) mass is 352 g/mol. The van der Waals surface area contributed by atoms with E-state index in [0.717, 1.165) is 39.4 Å². The van der Waals surface area contributed by atoms with E-state index >= 15 is 0 Å². The second-order valence-corrected chi connectivity index (χ2v) is 5.95. The second-order valence-electron chi connectivity index (χ2n) is 5.20. The quantitative estimate of drug-likeness (QED) is 0.685. The van der Waals surface area contributed by atoms with Crippen LogP contribution < -0.4 is 4.74 Å². The number of hydrogen-bond acceptors (Lipinski definition) is 3. The Bertz CT molecular complexity index is 834. The first-order chi connectivity index (χ1) is 10.8. The van der Waals surface area contributed by atoms with Gasteiger partial charge in [-0.15, -0.1) is 0 Å². The largest absolute Gasteiger partial charge is 0.487 e. The minimum atomic E-state index is 0.462. The number of nitrogens with zero attached hydrogens (tertiary/aromatic N) is 2. The predicted molar refractivity (Wildman–Crippen MR) is 88.7 cm³/mol. The zero-order valence-corrected chi connectivity index (χ0v) is 13.4. The van der Waals surface area contributed by atoms with Crippen molar-refractivity contribution >= 4 is 15.9 Å². The molecule has 0 N–H and O–H groups in total. The molecule has 108 valence electrons. The fourth-order valence-corrected chi connectivity index (χ4v) is 3.08. The van der Waals surface area contributed by atoms with E-state index in [9.17, 15) is 0 Å². The molecule has 2 aromatic carbocycles. The summed E-state index contributed by atoms with van der Waals surface area (Å²) in [6, 6.07) is 18.3. The Balaban J connectivity index is 1.80. The van der Waals surface area contributed by atoms with Crippen LogP contribution in [0.25, 0.3) is 11.3 Å². The molecule has 22 heavy (non-hydrogen) atoms. The third-order valence-electron chi connectivity index (χ3n) is 3.71. The highest BCUT2D eigenvalue weighted by Crippen LogP contribution is 2.36. The molecule has 0 fully saturated rings. The molecule has 0 atom stereocenters. The molecule has 0 saturated carbocycles. The summed E-state index contributed by atoms with van der Waals surface area (Å²) in [5.41, 5.74) is 4.98. The highest BCUT2D eigenvalue weighted by atomic mass is 79.9. The van der Waals surface area contributed by atoms with E-state index in [-0.39, 0.29) is 0 Å². The molecule has 0 bridgehead atoms. The van der Waals surface area contributed by atoms with Crippen molar-refractivity contribution in [3.05, 3.63) is 76.2 Å². The average Bonchev–Trinajstić information content (AvgIpc) is 2.56. The van der Waals surface area contributed by atoms with E-state index in [4.69, 9.17) is 9.72 Å². The first-order valence-electron chi connectivity index (χ1n) is 7.12. The summed E-state index contributed by atoms with van der Waals surface area (Å²) in [7, 11) is 0. The van der Waals surface area contributed by atoms with Crippen molar-refractivity contribution in [2.75, 3.05) is 0 Å². The van der Waals surface area contributed by atoms with Crippen molar-refractivity contribution in [3.8, 4) is 17.0 Å². The number of hydrogen-bond donors (Lipinski definition) is 0. The molecule has 0 aliphatic carbocycles. The standard InChI is InChI=1S/C18H13BrN2O/c19-18-14(10-12-6-2-1-3-7-12)20-17-13-8-4-5-9-16(13)22-11-15(17)21-18/h1-9H,10-11H2. The lowest BCUT2D eigenvalue weighted by atomic mass is 10.1. The second kappa shape index (κ2) is 5.54.